The Hall–Kier alpha value is -2.09. The lowest BCUT2D eigenvalue weighted by Gasteiger charge is -2.33. The van der Waals surface area contributed by atoms with Gasteiger partial charge in [0.15, 0.2) is 0 Å². The van der Waals surface area contributed by atoms with E-state index in [1.54, 1.807) is 48.5 Å². The number of sulfonamides is 1. The summed E-state index contributed by atoms with van der Waals surface area (Å²) in [5.74, 6) is 0.0218. The number of methoxy groups -OCH3 is 1. The molecule has 0 radical (unpaired) electrons. The number of hydrogen-bond donors (Lipinski definition) is 1. The molecule has 0 atom stereocenters. The van der Waals surface area contributed by atoms with Gasteiger partial charge in [-0.15, -0.1) is 0 Å². The smallest absolute Gasteiger partial charge is 0.243 e. The number of rotatable bonds is 7. The second-order valence-corrected chi connectivity index (χ2v) is 9.37. The van der Waals surface area contributed by atoms with Crippen LogP contribution in [0.1, 0.15) is 32.1 Å². The minimum Gasteiger partial charge on any atom is -0.495 e. The molecule has 2 aromatic carbocycles. The Morgan fingerprint density at radius 2 is 1.83 bits per heavy atom. The van der Waals surface area contributed by atoms with Gasteiger partial charge in [-0.2, -0.15) is 4.31 Å². The minimum atomic E-state index is -3.80. The highest BCUT2D eigenvalue weighted by Crippen LogP contribution is 2.30. The monoisotopic (exact) mass is 436 g/mol. The van der Waals surface area contributed by atoms with Gasteiger partial charge >= 0.3 is 0 Å². The Bertz CT molecular complexity index is 944. The Labute approximate surface area is 176 Å². The fourth-order valence-corrected chi connectivity index (χ4v) is 5.45. The van der Waals surface area contributed by atoms with Gasteiger partial charge < -0.3 is 10.1 Å². The molecule has 0 heterocycles. The first-order chi connectivity index (χ1) is 13.9. The van der Waals surface area contributed by atoms with Gasteiger partial charge in [-0.05, 0) is 43.2 Å². The van der Waals surface area contributed by atoms with Crippen molar-refractivity contribution < 1.29 is 17.9 Å². The predicted octanol–water partition coefficient (Wildman–Crippen LogP) is 4.31. The lowest BCUT2D eigenvalue weighted by atomic mass is 9.95. The number of anilines is 1. The van der Waals surface area contributed by atoms with E-state index >= 15 is 0 Å². The molecule has 0 spiro atoms. The van der Waals surface area contributed by atoms with Crippen LogP contribution in [0.2, 0.25) is 5.02 Å². The third-order valence-corrected chi connectivity index (χ3v) is 7.21. The first-order valence-corrected chi connectivity index (χ1v) is 11.4. The maximum absolute atomic E-state index is 13.3. The summed E-state index contributed by atoms with van der Waals surface area (Å²) in [5, 5.41) is 3.19. The van der Waals surface area contributed by atoms with Crippen molar-refractivity contribution >= 4 is 33.2 Å². The molecule has 8 heteroatoms. The van der Waals surface area contributed by atoms with E-state index in [1.807, 2.05) is 0 Å². The summed E-state index contributed by atoms with van der Waals surface area (Å²) in [6.07, 6.45) is 4.49. The third kappa shape index (κ3) is 5.29. The lowest BCUT2D eigenvalue weighted by molar-refractivity contribution is -0.116. The molecule has 1 N–H and O–H groups in total. The predicted molar refractivity (Wildman–Crippen MR) is 114 cm³/mol. The number of ether oxygens (including phenoxy) is 1. The summed E-state index contributed by atoms with van der Waals surface area (Å²) in [6, 6.07) is 12.9. The van der Waals surface area contributed by atoms with Crippen LogP contribution in [0, 0.1) is 0 Å². The quantitative estimate of drug-likeness (QED) is 0.701. The fraction of sp³-hybridized carbons (Fsp3) is 0.381. The van der Waals surface area contributed by atoms with Crippen LogP contribution in [0.25, 0.3) is 0 Å². The van der Waals surface area contributed by atoms with Crippen molar-refractivity contribution in [3.63, 3.8) is 0 Å². The molecule has 2 aromatic rings. The number of halogens is 1. The molecule has 0 aliphatic heterocycles. The molecule has 0 bridgehead atoms. The normalized spacial score (nSPS) is 15.3. The zero-order valence-corrected chi connectivity index (χ0v) is 17.9. The maximum Gasteiger partial charge on any atom is 0.243 e. The van der Waals surface area contributed by atoms with Crippen molar-refractivity contribution in [2.24, 2.45) is 0 Å². The highest BCUT2D eigenvalue weighted by Gasteiger charge is 2.34. The van der Waals surface area contributed by atoms with Gasteiger partial charge in [0, 0.05) is 11.1 Å². The SMILES string of the molecule is COc1ccc(Cl)cc1NC(=O)CN(C1CCCCC1)S(=O)(=O)c1ccccc1. The van der Waals surface area contributed by atoms with E-state index in [-0.39, 0.29) is 17.5 Å². The minimum absolute atomic E-state index is 0.193. The molecule has 29 heavy (non-hydrogen) atoms. The van der Waals surface area contributed by atoms with Gasteiger partial charge in [-0.3, -0.25) is 4.79 Å². The van der Waals surface area contributed by atoms with Crippen LogP contribution < -0.4 is 10.1 Å². The molecular formula is C21H25ClN2O4S. The van der Waals surface area contributed by atoms with Crippen molar-refractivity contribution in [2.45, 2.75) is 43.0 Å². The number of nitrogens with one attached hydrogen (secondary N) is 1. The van der Waals surface area contributed by atoms with Gasteiger partial charge in [-0.1, -0.05) is 49.1 Å². The summed E-state index contributed by atoms with van der Waals surface area (Å²) in [5.41, 5.74) is 0.408. The number of nitrogens with zero attached hydrogens (tertiary/aromatic N) is 1. The van der Waals surface area contributed by atoms with Crippen molar-refractivity contribution in [3.8, 4) is 5.75 Å². The zero-order valence-electron chi connectivity index (χ0n) is 16.3. The molecule has 156 valence electrons. The summed E-state index contributed by atoms with van der Waals surface area (Å²) >= 11 is 6.02. The Balaban J connectivity index is 1.85. The number of benzene rings is 2. The summed E-state index contributed by atoms with van der Waals surface area (Å²) in [4.78, 5) is 13.0. The highest BCUT2D eigenvalue weighted by atomic mass is 35.5. The van der Waals surface area contributed by atoms with E-state index < -0.39 is 15.9 Å². The molecule has 3 rings (SSSR count). The van der Waals surface area contributed by atoms with Crippen LogP contribution >= 0.6 is 11.6 Å². The van der Waals surface area contributed by atoms with E-state index in [9.17, 15) is 13.2 Å². The Morgan fingerprint density at radius 1 is 1.14 bits per heavy atom. The highest BCUT2D eigenvalue weighted by molar-refractivity contribution is 7.89. The molecule has 1 saturated carbocycles. The molecule has 1 aliphatic rings. The van der Waals surface area contributed by atoms with Crippen LogP contribution in [0.4, 0.5) is 5.69 Å². The summed E-state index contributed by atoms with van der Waals surface area (Å²) in [7, 11) is -2.30. The average Bonchev–Trinajstić information content (AvgIpc) is 2.73. The molecule has 1 amide bonds. The van der Waals surface area contributed by atoms with Crippen molar-refractivity contribution in [3.05, 3.63) is 53.6 Å². The van der Waals surface area contributed by atoms with E-state index in [0.29, 0.717) is 16.5 Å². The van der Waals surface area contributed by atoms with Crippen LogP contribution in [-0.2, 0) is 14.8 Å². The standard InChI is InChI=1S/C21H25ClN2O4S/c1-28-20-13-12-16(22)14-19(20)23-21(25)15-24(17-8-4-2-5-9-17)29(26,27)18-10-6-3-7-11-18/h3,6-7,10-14,17H,2,4-5,8-9,15H2,1H3,(H,23,25). The van der Waals surface area contributed by atoms with E-state index in [4.69, 9.17) is 16.3 Å². The fourth-order valence-electron chi connectivity index (χ4n) is 3.62. The Morgan fingerprint density at radius 3 is 2.48 bits per heavy atom. The summed E-state index contributed by atoms with van der Waals surface area (Å²) in [6.45, 7) is -0.266. The van der Waals surface area contributed by atoms with E-state index in [0.717, 1.165) is 32.1 Å². The lowest BCUT2D eigenvalue weighted by Crippen LogP contribution is -2.45. The molecule has 6 nitrogen and oxygen atoms in total. The van der Waals surface area contributed by atoms with Gasteiger partial charge in [0.2, 0.25) is 15.9 Å². The van der Waals surface area contributed by atoms with E-state index in [2.05, 4.69) is 5.32 Å². The largest absolute Gasteiger partial charge is 0.495 e. The van der Waals surface area contributed by atoms with Crippen molar-refractivity contribution in [2.75, 3.05) is 19.0 Å². The topological polar surface area (TPSA) is 75.7 Å². The van der Waals surface area contributed by atoms with Crippen LogP contribution in [0.15, 0.2) is 53.4 Å². The molecule has 0 aromatic heterocycles. The Kier molecular flexibility index (Phi) is 7.16. The number of carbonyl (C=O) groups is 1. The number of amides is 1. The number of hydrogen-bond acceptors (Lipinski definition) is 4. The van der Waals surface area contributed by atoms with Gasteiger partial charge in [0.25, 0.3) is 0 Å². The first kappa shape index (κ1) is 21.6. The van der Waals surface area contributed by atoms with Gasteiger partial charge in [0.05, 0.1) is 24.2 Å². The maximum atomic E-state index is 13.3. The third-order valence-electron chi connectivity index (χ3n) is 5.07. The second-order valence-electron chi connectivity index (χ2n) is 7.05. The molecule has 1 fully saturated rings. The van der Waals surface area contributed by atoms with Crippen LogP contribution in [0.3, 0.4) is 0 Å². The van der Waals surface area contributed by atoms with Crippen molar-refractivity contribution in [1.82, 2.24) is 4.31 Å². The average molecular weight is 437 g/mol. The van der Waals surface area contributed by atoms with E-state index in [1.165, 1.54) is 11.4 Å². The van der Waals surface area contributed by atoms with Crippen LogP contribution in [-0.4, -0.2) is 38.3 Å². The second kappa shape index (κ2) is 9.61. The number of carbonyl (C=O) groups excluding carboxylic acids is 1. The van der Waals surface area contributed by atoms with Crippen LogP contribution in [0.5, 0.6) is 5.75 Å². The first-order valence-electron chi connectivity index (χ1n) is 9.62. The molecular weight excluding hydrogens is 412 g/mol. The zero-order chi connectivity index (χ0) is 20.9. The summed E-state index contributed by atoms with van der Waals surface area (Å²) < 4.78 is 33.2. The van der Waals surface area contributed by atoms with Crippen molar-refractivity contribution in [1.29, 1.82) is 0 Å². The van der Waals surface area contributed by atoms with Gasteiger partial charge in [-0.25, -0.2) is 8.42 Å². The molecule has 1 aliphatic carbocycles. The molecule has 0 unspecified atom stereocenters. The molecule has 0 saturated heterocycles. The van der Waals surface area contributed by atoms with Gasteiger partial charge in [0.1, 0.15) is 5.75 Å².